The summed E-state index contributed by atoms with van der Waals surface area (Å²) >= 11 is 5.64. The highest BCUT2D eigenvalue weighted by atomic mass is 127. The molecule has 1 aliphatic heterocycles. The van der Waals surface area contributed by atoms with Crippen LogP contribution < -0.4 is 26.6 Å². The smallest absolute Gasteiger partial charge is 0.326 e. The van der Waals surface area contributed by atoms with Crippen LogP contribution in [0.25, 0.3) is 0 Å². The number of halogens is 2. The molecule has 6 amide bonds. The molecule has 0 radical (unpaired) electrons. The first-order valence-corrected chi connectivity index (χ1v) is 30.2. The molecule has 3 rings (SSSR count). The van der Waals surface area contributed by atoms with Gasteiger partial charge < -0.3 is 62.1 Å². The maximum absolute atomic E-state index is 13.9. The van der Waals surface area contributed by atoms with Gasteiger partial charge in [-0.25, -0.2) is 14.4 Å². The van der Waals surface area contributed by atoms with Crippen molar-refractivity contribution in [1.29, 1.82) is 0 Å². The summed E-state index contributed by atoms with van der Waals surface area (Å²) in [6, 6.07) is 10.3. The van der Waals surface area contributed by atoms with Gasteiger partial charge in [-0.3, -0.25) is 58.0 Å². The van der Waals surface area contributed by atoms with E-state index >= 15 is 0 Å². The molecule has 0 saturated carbocycles. The molecular weight excluding hydrogens is 1290 g/mol. The van der Waals surface area contributed by atoms with Gasteiger partial charge in [0.25, 0.3) is 0 Å². The Kier molecular flexibility index (Phi) is 34.8. The number of amides is 6. The van der Waals surface area contributed by atoms with Gasteiger partial charge in [0.1, 0.15) is 18.1 Å². The van der Waals surface area contributed by atoms with Gasteiger partial charge in [-0.05, 0) is 129 Å². The lowest BCUT2D eigenvalue weighted by molar-refractivity contribution is -0.141. The van der Waals surface area contributed by atoms with Crippen LogP contribution in [0.5, 0.6) is 0 Å². The SMILES string of the molecule is O=C(O)CC[C@H](NC(=O)N[C@@H](CCCCN(Cc1ccc(Br)cc1)C(=O)CCCCNC(=O)[C@H](CCCCNC(=O)CCCc1ccc(I)cc1)NC(=O)CN1CCN(CC(=O)O)CCN(CC(=O)O)CCN(CC(=O)O)CC1)C(=O)O)C(=O)O. The Balaban J connectivity index is 1.67. The van der Waals surface area contributed by atoms with Crippen molar-refractivity contribution in [2.45, 2.75) is 115 Å². The average Bonchev–Trinajstić information content (AvgIpc) is 3.58. The molecule has 85 heavy (non-hydrogen) atoms. The number of urea groups is 1. The van der Waals surface area contributed by atoms with Crippen molar-refractivity contribution in [3.8, 4) is 0 Å². The Morgan fingerprint density at radius 1 is 0.482 bits per heavy atom. The molecule has 11 N–H and O–H groups in total. The number of carboxylic acid groups (broad SMARTS) is 6. The van der Waals surface area contributed by atoms with Crippen molar-refractivity contribution in [3.05, 3.63) is 67.7 Å². The fourth-order valence-corrected chi connectivity index (χ4v) is 9.80. The Morgan fingerprint density at radius 3 is 1.47 bits per heavy atom. The molecule has 1 heterocycles. The van der Waals surface area contributed by atoms with E-state index in [4.69, 9.17) is 5.11 Å². The number of carbonyl (C=O) groups excluding carboxylic acids is 5. The van der Waals surface area contributed by atoms with E-state index in [1.54, 1.807) is 24.5 Å². The third-order valence-electron chi connectivity index (χ3n) is 13.8. The first-order chi connectivity index (χ1) is 40.4. The predicted octanol–water partition coefficient (Wildman–Crippen LogP) is 2.18. The van der Waals surface area contributed by atoms with E-state index in [0.717, 1.165) is 25.6 Å². The zero-order chi connectivity index (χ0) is 62.7. The molecular formula is C56H82BrIN10O17. The van der Waals surface area contributed by atoms with E-state index in [2.05, 4.69) is 65.1 Å². The number of carboxylic acids is 6. The van der Waals surface area contributed by atoms with Crippen LogP contribution in [-0.2, 0) is 60.9 Å². The number of nitrogens with one attached hydrogen (secondary N) is 5. The summed E-state index contributed by atoms with van der Waals surface area (Å²) < 4.78 is 1.94. The summed E-state index contributed by atoms with van der Waals surface area (Å²) in [4.78, 5) is 145. The summed E-state index contributed by atoms with van der Waals surface area (Å²) in [5.41, 5.74) is 1.95. The number of carbonyl (C=O) groups is 11. The van der Waals surface area contributed by atoms with Gasteiger partial charge in [0.2, 0.25) is 23.6 Å². The van der Waals surface area contributed by atoms with Gasteiger partial charge in [0, 0.05) is 106 Å². The lowest BCUT2D eigenvalue weighted by atomic mass is 10.1. The summed E-state index contributed by atoms with van der Waals surface area (Å²) in [6.45, 7) is 1.17. The van der Waals surface area contributed by atoms with Crippen molar-refractivity contribution >= 4 is 104 Å². The number of benzene rings is 2. The first-order valence-electron chi connectivity index (χ1n) is 28.4. The Hall–Kier alpha value is -6.54. The largest absolute Gasteiger partial charge is 0.481 e. The average molecular weight is 1370 g/mol. The van der Waals surface area contributed by atoms with Crippen LogP contribution in [0, 0.1) is 3.57 Å². The summed E-state index contributed by atoms with van der Waals surface area (Å²) in [5.74, 6) is -8.75. The molecule has 1 aliphatic rings. The second kappa shape index (κ2) is 40.7. The predicted molar refractivity (Wildman–Crippen MR) is 321 cm³/mol. The normalized spacial score (nSPS) is 14.9. The van der Waals surface area contributed by atoms with Crippen LogP contribution in [0.3, 0.4) is 0 Å². The van der Waals surface area contributed by atoms with Crippen molar-refractivity contribution in [2.75, 3.05) is 98.2 Å². The van der Waals surface area contributed by atoms with Crippen LogP contribution >= 0.6 is 38.5 Å². The molecule has 0 spiro atoms. The summed E-state index contributed by atoms with van der Waals surface area (Å²) in [5, 5.41) is 69.9. The zero-order valence-corrected chi connectivity index (χ0v) is 51.5. The Labute approximate surface area is 516 Å². The van der Waals surface area contributed by atoms with Gasteiger partial charge in [-0.1, -0.05) is 40.2 Å². The lowest BCUT2D eigenvalue weighted by Crippen LogP contribution is -2.52. The quantitative estimate of drug-likeness (QED) is 0.0339. The maximum atomic E-state index is 13.9. The molecule has 0 aliphatic carbocycles. The molecule has 2 aromatic rings. The first kappa shape index (κ1) is 72.7. The van der Waals surface area contributed by atoms with Crippen molar-refractivity contribution in [2.24, 2.45) is 0 Å². The maximum Gasteiger partial charge on any atom is 0.326 e. The molecule has 1 fully saturated rings. The fourth-order valence-electron chi connectivity index (χ4n) is 9.18. The highest BCUT2D eigenvalue weighted by Gasteiger charge is 2.27. The minimum absolute atomic E-state index is 0.0698. The third-order valence-corrected chi connectivity index (χ3v) is 15.1. The molecule has 1 saturated heterocycles. The fraction of sp³-hybridized carbons (Fsp3) is 0.589. The van der Waals surface area contributed by atoms with Gasteiger partial charge in [0.05, 0.1) is 26.2 Å². The summed E-state index contributed by atoms with van der Waals surface area (Å²) in [7, 11) is 0. The number of nitrogens with zero attached hydrogens (tertiary/aromatic N) is 5. The van der Waals surface area contributed by atoms with E-state index in [1.165, 1.54) is 0 Å². The number of unbranched alkanes of at least 4 members (excludes halogenated alkanes) is 3. The number of aliphatic carboxylic acids is 6. The third kappa shape index (κ3) is 33.1. The Bertz CT molecular complexity index is 2470. The molecule has 2 aromatic carbocycles. The highest BCUT2D eigenvalue weighted by molar-refractivity contribution is 14.1. The number of hydrogen-bond acceptors (Lipinski definition) is 15. The van der Waals surface area contributed by atoms with Crippen LogP contribution in [0.4, 0.5) is 4.79 Å². The van der Waals surface area contributed by atoms with Gasteiger partial charge in [-0.15, -0.1) is 0 Å². The molecule has 0 aromatic heterocycles. The van der Waals surface area contributed by atoms with Crippen molar-refractivity contribution in [1.82, 2.24) is 51.1 Å². The molecule has 3 atom stereocenters. The lowest BCUT2D eigenvalue weighted by Gasteiger charge is -2.33. The van der Waals surface area contributed by atoms with E-state index in [9.17, 15) is 78.3 Å². The second-order valence-electron chi connectivity index (χ2n) is 20.7. The van der Waals surface area contributed by atoms with Crippen LogP contribution in [0.15, 0.2) is 53.0 Å². The molecule has 0 bridgehead atoms. The molecule has 0 unspecified atom stereocenters. The minimum Gasteiger partial charge on any atom is -0.481 e. The number of aryl methyl sites for hydroxylation is 1. The minimum atomic E-state index is -1.56. The standard InChI is InChI=1S/C56H82BrIN10O17/c57-41-17-13-40(14-18-41)34-68(25-6-3-10-44(54(81)82)62-56(85)63-45(55(83)84)21-22-49(72)73)48(71)12-2-5-24-60-53(80)43(9-1-4-23-59-46(69)11-7-8-39-15-19-42(58)20-16-39)61-47(70)35-64-26-28-65(36-50(74)75)30-32-67(38-52(78)79)33-31-66(29-27-64)37-51(76)77/h13-20,43-45H,1-12,21-38H2,(H,59,69)(H,60,80)(H,61,70)(H,72,73)(H,74,75)(H,76,77)(H,78,79)(H,81,82)(H,83,84)(H2,62,63,85)/t43-,44-,45-/m0/s1. The Morgan fingerprint density at radius 2 is 0.953 bits per heavy atom. The van der Waals surface area contributed by atoms with Crippen molar-refractivity contribution in [3.63, 3.8) is 0 Å². The number of rotatable bonds is 38. The van der Waals surface area contributed by atoms with Crippen LogP contribution in [-0.4, -0.2) is 237 Å². The van der Waals surface area contributed by atoms with Crippen LogP contribution in [0.2, 0.25) is 0 Å². The van der Waals surface area contributed by atoms with E-state index in [1.807, 2.05) is 48.5 Å². The van der Waals surface area contributed by atoms with E-state index < -0.39 is 84.6 Å². The van der Waals surface area contributed by atoms with E-state index in [0.29, 0.717) is 51.5 Å². The zero-order valence-electron chi connectivity index (χ0n) is 47.7. The highest BCUT2D eigenvalue weighted by Crippen LogP contribution is 2.16. The number of hydrogen-bond donors (Lipinski definition) is 11. The topological polar surface area (TPSA) is 386 Å². The monoisotopic (exact) mass is 1370 g/mol. The molecule has 29 heteroatoms. The van der Waals surface area contributed by atoms with Crippen molar-refractivity contribution < 1.29 is 83.4 Å². The van der Waals surface area contributed by atoms with E-state index in [-0.39, 0.29) is 136 Å². The second-order valence-corrected chi connectivity index (χ2v) is 22.9. The molecule has 472 valence electrons. The summed E-state index contributed by atoms with van der Waals surface area (Å²) in [6.07, 6.45) is 3.23. The van der Waals surface area contributed by atoms with Crippen LogP contribution in [0.1, 0.15) is 94.6 Å². The van der Waals surface area contributed by atoms with Gasteiger partial charge in [-0.2, -0.15) is 0 Å². The molecule has 27 nitrogen and oxygen atoms in total. The van der Waals surface area contributed by atoms with Gasteiger partial charge >= 0.3 is 41.8 Å². The van der Waals surface area contributed by atoms with Gasteiger partial charge in [0.15, 0.2) is 0 Å².